The van der Waals surface area contributed by atoms with Gasteiger partial charge in [0.1, 0.15) is 17.1 Å². The van der Waals surface area contributed by atoms with Crippen LogP contribution in [-0.2, 0) is 12.8 Å². The van der Waals surface area contributed by atoms with Crippen molar-refractivity contribution in [1.29, 1.82) is 0 Å². The average Bonchev–Trinajstić information content (AvgIpc) is 2.95. The number of benzene rings is 2. The van der Waals surface area contributed by atoms with Crippen LogP contribution in [0.5, 0.6) is 23.0 Å². The number of ether oxygens (including phenoxy) is 4. The van der Waals surface area contributed by atoms with Crippen molar-refractivity contribution < 1.29 is 24.1 Å². The summed E-state index contributed by atoms with van der Waals surface area (Å²) in [5.74, 6) is 3.41. The van der Waals surface area contributed by atoms with Crippen molar-refractivity contribution in [3.63, 3.8) is 0 Å². The Morgan fingerprint density at radius 3 is 2.10 bits per heavy atom. The molecule has 0 bridgehead atoms. The molecule has 5 heteroatoms. The molecular weight excluding hydrogens is 524 g/mol. The largest absolute Gasteiger partial charge is 0.496 e. The maximum absolute atomic E-state index is 10.8. The summed E-state index contributed by atoms with van der Waals surface area (Å²) >= 11 is 0. The molecule has 0 saturated heterocycles. The van der Waals surface area contributed by atoms with Crippen LogP contribution in [0.15, 0.2) is 47.6 Å². The van der Waals surface area contributed by atoms with E-state index in [2.05, 4.69) is 84.0 Å². The third-order valence-electron chi connectivity index (χ3n) is 9.39. The van der Waals surface area contributed by atoms with E-state index >= 15 is 0 Å². The Morgan fingerprint density at radius 2 is 1.50 bits per heavy atom. The zero-order valence-electron chi connectivity index (χ0n) is 27.1. The average molecular weight is 575 g/mol. The van der Waals surface area contributed by atoms with Crippen LogP contribution in [0.1, 0.15) is 89.5 Å². The van der Waals surface area contributed by atoms with Crippen LogP contribution in [0.25, 0.3) is 12.2 Å². The van der Waals surface area contributed by atoms with Gasteiger partial charge < -0.3 is 24.1 Å². The van der Waals surface area contributed by atoms with E-state index in [4.69, 9.17) is 18.9 Å². The minimum absolute atomic E-state index is 0.205. The highest BCUT2D eigenvalue weighted by Crippen LogP contribution is 2.55. The van der Waals surface area contributed by atoms with Gasteiger partial charge in [-0.3, -0.25) is 0 Å². The number of rotatable bonds is 10. The molecular formula is C37H50O5. The first-order chi connectivity index (χ1) is 19.9. The topological polar surface area (TPSA) is 57.2 Å². The number of allylic oxidation sites excluding steroid dienone is 4. The van der Waals surface area contributed by atoms with Crippen molar-refractivity contribution in [2.45, 2.75) is 91.8 Å². The summed E-state index contributed by atoms with van der Waals surface area (Å²) in [6.45, 7) is 13.0. The Hall–Kier alpha value is -3.18. The van der Waals surface area contributed by atoms with Crippen molar-refractivity contribution in [1.82, 2.24) is 0 Å². The highest BCUT2D eigenvalue weighted by molar-refractivity contribution is 5.74. The van der Waals surface area contributed by atoms with Gasteiger partial charge in [-0.25, -0.2) is 0 Å². The second kappa shape index (κ2) is 13.0. The Morgan fingerprint density at radius 1 is 0.905 bits per heavy atom. The molecule has 1 saturated carbocycles. The normalized spacial score (nSPS) is 23.0. The standard InChI is InChI=1S/C37H50O5/c1-24(2)11-10-12-25(3)13-16-29-30(39-7)20-27(21-31(29)40-8)15-14-26-19-28-23-33-36(4,5)34(38)17-18-37(33,6)42-35(28)32(22-26)41-9/h11,13-15,19-22,33-34,38H,10,12,16-18,23H2,1-9H3/b15-14+,25-13+/t33-,34-,37-/m1/s1. The first-order valence-corrected chi connectivity index (χ1v) is 15.2. The van der Waals surface area contributed by atoms with Gasteiger partial charge in [-0.2, -0.15) is 0 Å². The maximum atomic E-state index is 10.8. The number of methoxy groups -OCH3 is 3. The molecule has 2 aromatic carbocycles. The molecule has 3 atom stereocenters. The fourth-order valence-corrected chi connectivity index (χ4v) is 6.70. The third kappa shape index (κ3) is 6.72. The predicted octanol–water partition coefficient (Wildman–Crippen LogP) is 8.61. The Labute approximate surface area is 253 Å². The lowest BCUT2D eigenvalue weighted by atomic mass is 9.57. The van der Waals surface area contributed by atoms with E-state index in [0.717, 1.165) is 83.8 Å². The van der Waals surface area contributed by atoms with Gasteiger partial charge in [0.05, 0.1) is 27.4 Å². The molecule has 0 unspecified atom stereocenters. The van der Waals surface area contributed by atoms with Crippen molar-refractivity contribution in [3.8, 4) is 23.0 Å². The highest BCUT2D eigenvalue weighted by Gasteiger charge is 2.54. The van der Waals surface area contributed by atoms with Crippen molar-refractivity contribution in [2.75, 3.05) is 21.3 Å². The number of fused-ring (bicyclic) bond motifs is 2. The summed E-state index contributed by atoms with van der Waals surface area (Å²) in [6.07, 6.45) is 13.7. The molecule has 0 radical (unpaired) electrons. The monoisotopic (exact) mass is 574 g/mol. The van der Waals surface area contributed by atoms with E-state index in [-0.39, 0.29) is 23.0 Å². The molecule has 42 heavy (non-hydrogen) atoms. The van der Waals surface area contributed by atoms with Gasteiger partial charge in [-0.05, 0) is 113 Å². The van der Waals surface area contributed by atoms with E-state index in [1.807, 2.05) is 6.07 Å². The van der Waals surface area contributed by atoms with E-state index in [0.29, 0.717) is 0 Å². The number of aliphatic hydroxyl groups is 1. The minimum atomic E-state index is -0.333. The first kappa shape index (κ1) is 31.7. The van der Waals surface area contributed by atoms with Crippen LogP contribution in [0.2, 0.25) is 0 Å². The molecule has 5 nitrogen and oxygen atoms in total. The highest BCUT2D eigenvalue weighted by atomic mass is 16.5. The smallest absolute Gasteiger partial charge is 0.165 e. The van der Waals surface area contributed by atoms with Gasteiger partial charge in [0, 0.05) is 11.5 Å². The van der Waals surface area contributed by atoms with Crippen LogP contribution in [0.4, 0.5) is 0 Å². The van der Waals surface area contributed by atoms with Crippen LogP contribution >= 0.6 is 0 Å². The van der Waals surface area contributed by atoms with Crippen LogP contribution in [0.3, 0.4) is 0 Å². The SMILES string of the molecule is COc1cc(/C=C/c2cc3c(c(OC)c2)O[C@]2(C)CC[C@@H](O)C(C)(C)[C@H]2C3)cc(OC)c1C/C=C(\C)CCC=C(C)C. The maximum Gasteiger partial charge on any atom is 0.165 e. The molecule has 0 aromatic heterocycles. The third-order valence-corrected chi connectivity index (χ3v) is 9.39. The summed E-state index contributed by atoms with van der Waals surface area (Å²) in [5.41, 5.74) is 6.34. The fraction of sp³-hybridized carbons (Fsp3) is 0.514. The van der Waals surface area contributed by atoms with Gasteiger partial charge in [0.2, 0.25) is 0 Å². The number of hydrogen-bond donors (Lipinski definition) is 1. The molecule has 1 N–H and O–H groups in total. The summed E-state index contributed by atoms with van der Waals surface area (Å²) in [7, 11) is 5.12. The Kier molecular flexibility index (Phi) is 9.82. The fourth-order valence-electron chi connectivity index (χ4n) is 6.70. The molecule has 228 valence electrons. The molecule has 2 aromatic rings. The molecule has 1 fully saturated rings. The second-order valence-corrected chi connectivity index (χ2v) is 13.1. The van der Waals surface area contributed by atoms with Crippen molar-refractivity contribution in [3.05, 3.63) is 69.8 Å². The van der Waals surface area contributed by atoms with Crippen molar-refractivity contribution in [2.24, 2.45) is 11.3 Å². The number of aliphatic hydroxyl groups excluding tert-OH is 1. The van der Waals surface area contributed by atoms with Gasteiger partial charge in [0.25, 0.3) is 0 Å². The molecule has 0 spiro atoms. The summed E-state index contributed by atoms with van der Waals surface area (Å²) in [6, 6.07) is 8.36. The summed E-state index contributed by atoms with van der Waals surface area (Å²) in [4.78, 5) is 0. The summed E-state index contributed by atoms with van der Waals surface area (Å²) in [5, 5.41) is 10.8. The van der Waals surface area contributed by atoms with Crippen LogP contribution < -0.4 is 18.9 Å². The Balaban J connectivity index is 1.60. The minimum Gasteiger partial charge on any atom is -0.496 e. The van der Waals surface area contributed by atoms with Crippen molar-refractivity contribution >= 4 is 12.2 Å². The van der Waals surface area contributed by atoms with E-state index in [1.165, 1.54) is 11.1 Å². The molecule has 1 aliphatic heterocycles. The predicted molar refractivity (Wildman–Crippen MR) is 173 cm³/mol. The molecule has 0 amide bonds. The zero-order chi connectivity index (χ0) is 30.7. The lowest BCUT2D eigenvalue weighted by Crippen LogP contribution is -2.58. The molecule has 1 aliphatic carbocycles. The van der Waals surface area contributed by atoms with E-state index < -0.39 is 0 Å². The zero-order valence-corrected chi connectivity index (χ0v) is 27.1. The number of hydrogen-bond acceptors (Lipinski definition) is 5. The van der Waals surface area contributed by atoms with Gasteiger partial charge in [0.15, 0.2) is 11.5 Å². The molecule has 4 rings (SSSR count). The van der Waals surface area contributed by atoms with E-state index in [1.54, 1.807) is 21.3 Å². The lowest BCUT2D eigenvalue weighted by molar-refractivity contribution is -0.138. The van der Waals surface area contributed by atoms with Gasteiger partial charge in [-0.15, -0.1) is 0 Å². The summed E-state index contributed by atoms with van der Waals surface area (Å²) < 4.78 is 24.1. The molecule has 2 aliphatic rings. The first-order valence-electron chi connectivity index (χ1n) is 15.2. The van der Waals surface area contributed by atoms with Crippen LogP contribution in [-0.4, -0.2) is 38.1 Å². The van der Waals surface area contributed by atoms with Gasteiger partial charge in [-0.1, -0.05) is 49.3 Å². The van der Waals surface area contributed by atoms with E-state index in [9.17, 15) is 5.11 Å². The van der Waals surface area contributed by atoms with Crippen LogP contribution in [0, 0.1) is 11.3 Å². The quantitative estimate of drug-likeness (QED) is 0.227. The van der Waals surface area contributed by atoms with Gasteiger partial charge >= 0.3 is 0 Å². The lowest BCUT2D eigenvalue weighted by Gasteiger charge is -2.55. The second-order valence-electron chi connectivity index (χ2n) is 13.1. The molecule has 1 heterocycles. The Bertz CT molecular complexity index is 1340.